The number of nitrogens with one attached hydrogen (secondary N) is 1. The molecule has 14 heteroatoms. The summed E-state index contributed by atoms with van der Waals surface area (Å²) < 4.78 is 68.7. The summed E-state index contributed by atoms with van der Waals surface area (Å²) in [6.45, 7) is 3.23. The average Bonchev–Trinajstić information content (AvgIpc) is 3.40. The van der Waals surface area contributed by atoms with E-state index in [0.717, 1.165) is 16.5 Å². The number of halogens is 2. The van der Waals surface area contributed by atoms with Gasteiger partial charge >= 0.3 is 6.29 Å². The van der Waals surface area contributed by atoms with E-state index in [2.05, 4.69) is 19.8 Å². The lowest BCUT2D eigenvalue weighted by Crippen LogP contribution is -2.50. The van der Waals surface area contributed by atoms with Crippen LogP contribution in [-0.2, 0) is 14.8 Å². The standard InChI is InChI=1S/C27H29F2N3O8S/c1-16-11-20(38-15-19(34)14-33)12-17(2)21(16)5-10-41(36,37)32-8-6-26(7-9-32)25(35)30-24(31-26)18-3-4-22-23(13-18)40-27(28,29)39-22/h3-5,10-13,19,33-34H,6-9,14-15H2,1-2H3,(H,30,31,35)/b10-5+/t19-/m1/s1. The highest BCUT2D eigenvalue weighted by Crippen LogP contribution is 2.42. The van der Waals surface area contributed by atoms with E-state index in [9.17, 15) is 27.1 Å². The number of aliphatic hydroxyl groups excluding tert-OH is 2. The zero-order valence-electron chi connectivity index (χ0n) is 22.3. The maximum Gasteiger partial charge on any atom is 0.586 e. The number of aliphatic hydroxyl groups is 2. The molecule has 3 N–H and O–H groups in total. The zero-order chi connectivity index (χ0) is 29.6. The largest absolute Gasteiger partial charge is 0.586 e. The Bertz CT molecular complexity index is 1510. The van der Waals surface area contributed by atoms with Crippen LogP contribution in [0.1, 0.15) is 35.1 Å². The highest BCUT2D eigenvalue weighted by Gasteiger charge is 2.48. The van der Waals surface area contributed by atoms with Crippen LogP contribution < -0.4 is 19.5 Å². The zero-order valence-corrected chi connectivity index (χ0v) is 23.1. The number of rotatable bonds is 8. The topological polar surface area (TPSA) is 147 Å². The number of fused-ring (bicyclic) bond motifs is 1. The van der Waals surface area contributed by atoms with E-state index in [1.807, 2.05) is 0 Å². The maximum atomic E-state index is 13.4. The summed E-state index contributed by atoms with van der Waals surface area (Å²) in [5.74, 6) is -0.00811. The minimum Gasteiger partial charge on any atom is -0.491 e. The van der Waals surface area contributed by atoms with Gasteiger partial charge in [-0.05, 0) is 79.8 Å². The molecule has 41 heavy (non-hydrogen) atoms. The fourth-order valence-electron chi connectivity index (χ4n) is 4.97. The third-order valence-corrected chi connectivity index (χ3v) is 8.76. The quantitative estimate of drug-likeness (QED) is 0.422. The van der Waals surface area contributed by atoms with Crippen molar-refractivity contribution in [2.75, 3.05) is 26.3 Å². The number of aryl methyl sites for hydroxylation is 2. The average molecular weight is 594 g/mol. The van der Waals surface area contributed by atoms with E-state index in [-0.39, 0.29) is 55.8 Å². The predicted molar refractivity (Wildman–Crippen MR) is 143 cm³/mol. The predicted octanol–water partition coefficient (Wildman–Crippen LogP) is 2.07. The summed E-state index contributed by atoms with van der Waals surface area (Å²) in [6, 6.07) is 7.52. The van der Waals surface area contributed by atoms with Gasteiger partial charge in [-0.25, -0.2) is 8.42 Å². The van der Waals surface area contributed by atoms with Gasteiger partial charge < -0.3 is 29.7 Å². The number of carbonyl (C=O) groups excluding carboxylic acids is 1. The van der Waals surface area contributed by atoms with E-state index >= 15 is 0 Å². The van der Waals surface area contributed by atoms with Gasteiger partial charge in [-0.3, -0.25) is 9.79 Å². The molecule has 3 heterocycles. The molecule has 0 aromatic heterocycles. The molecule has 0 aliphatic carbocycles. The van der Waals surface area contributed by atoms with Gasteiger partial charge in [0, 0.05) is 24.1 Å². The molecule has 1 fully saturated rings. The van der Waals surface area contributed by atoms with Crippen LogP contribution in [0.25, 0.3) is 6.08 Å². The van der Waals surface area contributed by atoms with Crippen molar-refractivity contribution in [3.05, 3.63) is 58.0 Å². The fourth-order valence-corrected chi connectivity index (χ4v) is 6.14. The minimum absolute atomic E-state index is 0.0577. The molecule has 5 rings (SSSR count). The number of carbonyl (C=O) groups is 1. The van der Waals surface area contributed by atoms with Crippen molar-refractivity contribution in [3.63, 3.8) is 0 Å². The highest BCUT2D eigenvalue weighted by atomic mass is 32.2. The van der Waals surface area contributed by atoms with Gasteiger partial charge in [0.1, 0.15) is 29.8 Å². The smallest absolute Gasteiger partial charge is 0.491 e. The van der Waals surface area contributed by atoms with Gasteiger partial charge in [-0.15, -0.1) is 8.78 Å². The molecule has 3 aliphatic rings. The number of benzene rings is 2. The second kappa shape index (κ2) is 10.7. The molecular formula is C27H29F2N3O8S. The first-order valence-corrected chi connectivity index (χ1v) is 14.3. The van der Waals surface area contributed by atoms with E-state index in [0.29, 0.717) is 16.9 Å². The van der Waals surface area contributed by atoms with E-state index < -0.39 is 34.6 Å². The van der Waals surface area contributed by atoms with Gasteiger partial charge in [0.2, 0.25) is 10.0 Å². The van der Waals surface area contributed by atoms with Crippen molar-refractivity contribution >= 4 is 27.8 Å². The Morgan fingerprint density at radius 2 is 1.80 bits per heavy atom. The second-order valence-electron chi connectivity index (χ2n) is 10.1. The molecule has 1 spiro atoms. The first-order chi connectivity index (χ1) is 19.3. The van der Waals surface area contributed by atoms with Crippen LogP contribution in [0.5, 0.6) is 17.2 Å². The first kappa shape index (κ1) is 28.9. The summed E-state index contributed by atoms with van der Waals surface area (Å²) in [5, 5.41) is 22.2. The lowest BCUT2D eigenvalue weighted by molar-refractivity contribution is -0.286. The molecule has 1 saturated heterocycles. The van der Waals surface area contributed by atoms with Crippen LogP contribution in [0.15, 0.2) is 40.7 Å². The van der Waals surface area contributed by atoms with Crippen molar-refractivity contribution < 1.29 is 46.4 Å². The molecule has 0 saturated carbocycles. The van der Waals surface area contributed by atoms with Crippen molar-refractivity contribution in [1.82, 2.24) is 9.62 Å². The third kappa shape index (κ3) is 5.91. The highest BCUT2D eigenvalue weighted by molar-refractivity contribution is 7.92. The summed E-state index contributed by atoms with van der Waals surface area (Å²) >= 11 is 0. The SMILES string of the molecule is Cc1cc(OC[C@H](O)CO)cc(C)c1/C=C/S(=O)(=O)N1CCC2(CC1)N=C(c1ccc3c(c1)OC(F)(F)O3)NC2=O. The molecular weight excluding hydrogens is 564 g/mol. The minimum atomic E-state index is -3.82. The molecule has 2 aromatic rings. The van der Waals surface area contributed by atoms with Gasteiger partial charge in [0.25, 0.3) is 5.91 Å². The monoisotopic (exact) mass is 593 g/mol. The Kier molecular flexibility index (Phi) is 7.53. The van der Waals surface area contributed by atoms with E-state index in [4.69, 9.17) is 9.84 Å². The number of ether oxygens (including phenoxy) is 3. The van der Waals surface area contributed by atoms with E-state index in [1.54, 1.807) is 26.0 Å². The van der Waals surface area contributed by atoms with Crippen LogP contribution >= 0.6 is 0 Å². The number of nitrogens with zero attached hydrogens (tertiary/aromatic N) is 2. The summed E-state index contributed by atoms with van der Waals surface area (Å²) in [4.78, 5) is 17.5. The summed E-state index contributed by atoms with van der Waals surface area (Å²) in [5.41, 5.74) is 1.42. The van der Waals surface area contributed by atoms with Gasteiger partial charge in [-0.1, -0.05) is 0 Å². The number of piperidine rings is 1. The van der Waals surface area contributed by atoms with Crippen LogP contribution in [0.2, 0.25) is 0 Å². The molecule has 0 unspecified atom stereocenters. The molecule has 11 nitrogen and oxygen atoms in total. The van der Waals surface area contributed by atoms with Crippen molar-refractivity contribution in [2.24, 2.45) is 4.99 Å². The summed E-state index contributed by atoms with van der Waals surface area (Å²) in [7, 11) is -3.82. The number of alkyl halides is 2. The first-order valence-electron chi connectivity index (χ1n) is 12.8. The number of aliphatic imine (C=N–C) groups is 1. The number of hydrogen-bond donors (Lipinski definition) is 3. The Morgan fingerprint density at radius 3 is 2.46 bits per heavy atom. The third-order valence-electron chi connectivity index (χ3n) is 7.19. The Labute approximate surface area is 235 Å². The van der Waals surface area contributed by atoms with Crippen LogP contribution in [0, 0.1) is 13.8 Å². The van der Waals surface area contributed by atoms with Crippen molar-refractivity contribution in [2.45, 2.75) is 44.6 Å². The van der Waals surface area contributed by atoms with Crippen LogP contribution in [0.3, 0.4) is 0 Å². The van der Waals surface area contributed by atoms with Crippen molar-refractivity contribution in [1.29, 1.82) is 0 Å². The maximum absolute atomic E-state index is 13.4. The number of hydrogen-bond acceptors (Lipinski definition) is 9. The molecule has 0 bridgehead atoms. The summed E-state index contributed by atoms with van der Waals surface area (Å²) in [6.07, 6.45) is -2.98. The Balaban J connectivity index is 1.26. The Hall–Kier alpha value is -3.59. The fraction of sp³-hybridized carbons (Fsp3) is 0.407. The number of amidine groups is 1. The molecule has 1 amide bonds. The molecule has 2 aromatic carbocycles. The van der Waals surface area contributed by atoms with Crippen molar-refractivity contribution in [3.8, 4) is 17.2 Å². The van der Waals surface area contributed by atoms with Crippen LogP contribution in [0.4, 0.5) is 8.78 Å². The molecule has 220 valence electrons. The Morgan fingerprint density at radius 1 is 1.15 bits per heavy atom. The number of sulfonamides is 1. The number of amides is 1. The molecule has 3 aliphatic heterocycles. The molecule has 0 radical (unpaired) electrons. The lowest BCUT2D eigenvalue weighted by Gasteiger charge is -2.34. The lowest BCUT2D eigenvalue weighted by atomic mass is 9.89. The normalized spacial score (nSPS) is 20.3. The van der Waals surface area contributed by atoms with E-state index in [1.165, 1.54) is 28.6 Å². The van der Waals surface area contributed by atoms with Crippen LogP contribution in [-0.4, -0.2) is 78.9 Å². The van der Waals surface area contributed by atoms with Gasteiger partial charge in [0.15, 0.2) is 11.5 Å². The molecule has 1 atom stereocenters. The van der Waals surface area contributed by atoms with Gasteiger partial charge in [0.05, 0.1) is 6.61 Å². The second-order valence-corrected chi connectivity index (χ2v) is 12.0. The van der Waals surface area contributed by atoms with Gasteiger partial charge in [-0.2, -0.15) is 4.31 Å².